The molecule has 0 saturated carbocycles. The Balaban J connectivity index is 0.000000383. The third kappa shape index (κ3) is 5.40. The van der Waals surface area contributed by atoms with Crippen molar-refractivity contribution in [1.29, 1.82) is 0 Å². The predicted octanol–water partition coefficient (Wildman–Crippen LogP) is 2.85. The van der Waals surface area contributed by atoms with Gasteiger partial charge in [0.25, 0.3) is 11.8 Å². The molecule has 2 fully saturated rings. The number of imide groups is 1. The number of carboxylic acids is 1. The Hall–Kier alpha value is -3.23. The zero-order chi connectivity index (χ0) is 24.3. The van der Waals surface area contributed by atoms with Crippen molar-refractivity contribution in [3.63, 3.8) is 0 Å². The highest BCUT2D eigenvalue weighted by Gasteiger charge is 2.47. The summed E-state index contributed by atoms with van der Waals surface area (Å²) in [6.45, 7) is 0.949. The first-order valence-electron chi connectivity index (χ1n) is 9.03. The van der Waals surface area contributed by atoms with Crippen LogP contribution in [0, 0.1) is 0 Å². The maximum atomic E-state index is 12.6. The Morgan fingerprint density at radius 2 is 2.00 bits per heavy atom. The van der Waals surface area contributed by atoms with Gasteiger partial charge in [-0.1, -0.05) is 11.6 Å². The van der Waals surface area contributed by atoms with Gasteiger partial charge in [-0.3, -0.25) is 9.59 Å². The molecule has 2 saturated heterocycles. The predicted molar refractivity (Wildman–Crippen MR) is 109 cm³/mol. The van der Waals surface area contributed by atoms with Crippen LogP contribution in [0.2, 0.25) is 5.02 Å². The van der Waals surface area contributed by atoms with E-state index in [-0.39, 0.29) is 29.1 Å². The lowest BCUT2D eigenvalue weighted by Gasteiger charge is -2.26. The molecule has 1 aromatic carbocycles. The van der Waals surface area contributed by atoms with Crippen LogP contribution >= 0.6 is 22.9 Å². The molecule has 4 amide bonds. The Kier molecular flexibility index (Phi) is 7.19. The minimum atomic E-state index is -5.08. The lowest BCUT2D eigenvalue weighted by molar-refractivity contribution is -0.192. The van der Waals surface area contributed by atoms with Crippen molar-refractivity contribution in [2.75, 3.05) is 30.0 Å². The number of carboxylic acid groups (broad SMARTS) is 1. The molecule has 1 unspecified atom stereocenters. The number of hydrogen-bond donors (Lipinski definition) is 2. The van der Waals surface area contributed by atoms with Crippen LogP contribution in [0.5, 0.6) is 0 Å². The Morgan fingerprint density at radius 1 is 1.30 bits per heavy atom. The molecule has 33 heavy (non-hydrogen) atoms. The van der Waals surface area contributed by atoms with E-state index in [4.69, 9.17) is 26.2 Å². The number of benzene rings is 1. The van der Waals surface area contributed by atoms with E-state index in [1.807, 2.05) is 0 Å². The molecule has 15 heteroatoms. The summed E-state index contributed by atoms with van der Waals surface area (Å²) < 4.78 is 37.0. The molecular formula is C18H14ClF3N4O6S. The summed E-state index contributed by atoms with van der Waals surface area (Å²) in [4.78, 5) is 52.6. The van der Waals surface area contributed by atoms with Crippen molar-refractivity contribution in [2.24, 2.45) is 0 Å². The van der Waals surface area contributed by atoms with Crippen LogP contribution in [0.15, 0.2) is 29.8 Å². The minimum absolute atomic E-state index is 0.181. The van der Waals surface area contributed by atoms with Gasteiger partial charge in [0.1, 0.15) is 6.04 Å². The molecule has 2 aromatic rings. The largest absolute Gasteiger partial charge is 0.490 e. The molecule has 4 rings (SSSR count). The summed E-state index contributed by atoms with van der Waals surface area (Å²) in [5.74, 6) is -3.48. The number of carbonyl (C=O) groups excluding carboxylic acids is 3. The van der Waals surface area contributed by atoms with E-state index in [9.17, 15) is 27.6 Å². The molecule has 2 aliphatic rings. The van der Waals surface area contributed by atoms with E-state index in [1.54, 1.807) is 17.6 Å². The first-order valence-corrected chi connectivity index (χ1v) is 10.3. The highest BCUT2D eigenvalue weighted by atomic mass is 35.5. The van der Waals surface area contributed by atoms with E-state index in [1.165, 1.54) is 28.4 Å². The molecule has 0 bridgehead atoms. The van der Waals surface area contributed by atoms with Gasteiger partial charge in [-0.25, -0.2) is 19.5 Å². The van der Waals surface area contributed by atoms with E-state index in [0.717, 1.165) is 4.90 Å². The number of anilines is 2. The fraction of sp³-hybridized carbons (Fsp3) is 0.278. The van der Waals surface area contributed by atoms with E-state index >= 15 is 0 Å². The summed E-state index contributed by atoms with van der Waals surface area (Å²) >= 11 is 7.50. The fourth-order valence-corrected chi connectivity index (χ4v) is 3.71. The van der Waals surface area contributed by atoms with Crippen molar-refractivity contribution in [1.82, 2.24) is 9.88 Å². The smallest absolute Gasteiger partial charge is 0.475 e. The number of urea groups is 1. The van der Waals surface area contributed by atoms with Crippen LogP contribution in [0.4, 0.5) is 29.3 Å². The number of halogens is 4. The number of alkyl halides is 3. The molecule has 2 N–H and O–H groups in total. The molecular weight excluding hydrogens is 493 g/mol. The highest BCUT2D eigenvalue weighted by Crippen LogP contribution is 2.34. The van der Waals surface area contributed by atoms with Gasteiger partial charge in [0.15, 0.2) is 5.01 Å². The molecule has 3 heterocycles. The number of thiazole rings is 1. The topological polar surface area (TPSA) is 129 Å². The lowest BCUT2D eigenvalue weighted by Crippen LogP contribution is -2.45. The van der Waals surface area contributed by atoms with Crippen LogP contribution in [0.3, 0.4) is 0 Å². The number of carbonyl (C=O) groups is 4. The van der Waals surface area contributed by atoms with Gasteiger partial charge < -0.3 is 20.1 Å². The van der Waals surface area contributed by atoms with Crippen LogP contribution in [0.25, 0.3) is 0 Å². The number of nitrogens with one attached hydrogen (secondary N) is 1. The maximum absolute atomic E-state index is 12.6. The summed E-state index contributed by atoms with van der Waals surface area (Å²) in [6.07, 6.45) is -3.54. The van der Waals surface area contributed by atoms with Crippen molar-refractivity contribution in [3.05, 3.63) is 39.8 Å². The summed E-state index contributed by atoms with van der Waals surface area (Å²) in [6, 6.07) is 3.59. The van der Waals surface area contributed by atoms with Crippen LogP contribution in [-0.4, -0.2) is 70.8 Å². The third-order valence-corrected chi connectivity index (χ3v) is 5.46. The van der Waals surface area contributed by atoms with Gasteiger partial charge >= 0.3 is 18.2 Å². The van der Waals surface area contributed by atoms with E-state index < -0.39 is 24.2 Å². The zero-order valence-corrected chi connectivity index (χ0v) is 17.9. The Morgan fingerprint density at radius 3 is 2.55 bits per heavy atom. The summed E-state index contributed by atoms with van der Waals surface area (Å²) in [5, 5.41) is 12.0. The van der Waals surface area contributed by atoms with Gasteiger partial charge in [0.2, 0.25) is 0 Å². The number of fused-ring (bicyclic) bond motifs is 1. The van der Waals surface area contributed by atoms with Crippen LogP contribution < -0.4 is 10.2 Å². The number of aromatic nitrogens is 1. The summed E-state index contributed by atoms with van der Waals surface area (Å²) in [5.41, 5.74) is 0.724. The van der Waals surface area contributed by atoms with Crippen molar-refractivity contribution in [3.8, 4) is 0 Å². The number of amides is 4. The number of rotatable bonds is 3. The average Bonchev–Trinajstić information content (AvgIpc) is 3.37. The van der Waals surface area contributed by atoms with E-state index in [0.29, 0.717) is 23.8 Å². The zero-order valence-electron chi connectivity index (χ0n) is 16.3. The van der Waals surface area contributed by atoms with Crippen molar-refractivity contribution in [2.45, 2.75) is 12.2 Å². The van der Waals surface area contributed by atoms with Gasteiger partial charge in [0, 0.05) is 23.8 Å². The number of morpholine rings is 1. The molecule has 176 valence electrons. The van der Waals surface area contributed by atoms with E-state index in [2.05, 4.69) is 10.3 Å². The first kappa shape index (κ1) is 24.4. The molecule has 0 radical (unpaired) electrons. The second-order valence-corrected chi connectivity index (χ2v) is 7.80. The quantitative estimate of drug-likeness (QED) is 0.612. The van der Waals surface area contributed by atoms with Gasteiger partial charge in [-0.2, -0.15) is 13.2 Å². The van der Waals surface area contributed by atoms with Crippen molar-refractivity contribution < 1.29 is 42.2 Å². The second kappa shape index (κ2) is 9.72. The number of hydrogen-bond acceptors (Lipinski definition) is 7. The van der Waals surface area contributed by atoms with Gasteiger partial charge in [-0.05, 0) is 18.2 Å². The molecule has 2 aliphatic heterocycles. The Bertz CT molecular complexity index is 1060. The monoisotopic (exact) mass is 506 g/mol. The van der Waals surface area contributed by atoms with Gasteiger partial charge in [0.05, 0.1) is 23.9 Å². The SMILES string of the molecule is O=C(Nc1ccc(N2C(=O)C3COCCN3C2=O)c(Cl)c1)c1nccs1.O=C(O)C(F)(F)F. The standard InChI is InChI=1S/C16H13ClN4O4S.C2HF3O2/c17-10-7-9(19-13(22)14-18-3-6-26-14)1-2-11(10)21-15(23)12-8-25-5-4-20(12)16(21)24;3-2(4,5)1(6)7/h1-3,6-7,12H,4-5,8H2,(H,19,22);(H,6,7). The molecule has 1 atom stereocenters. The number of ether oxygens (including phenoxy) is 1. The van der Waals surface area contributed by atoms with Crippen LogP contribution in [0.1, 0.15) is 9.80 Å². The summed E-state index contributed by atoms with van der Waals surface area (Å²) in [7, 11) is 0. The van der Waals surface area contributed by atoms with Crippen LogP contribution in [-0.2, 0) is 14.3 Å². The van der Waals surface area contributed by atoms with Crippen molar-refractivity contribution >= 4 is 58.1 Å². The first-order chi connectivity index (χ1) is 15.5. The second-order valence-electron chi connectivity index (χ2n) is 6.50. The third-order valence-electron chi connectivity index (χ3n) is 4.39. The highest BCUT2D eigenvalue weighted by molar-refractivity contribution is 7.11. The number of aliphatic carboxylic acids is 1. The molecule has 10 nitrogen and oxygen atoms in total. The molecule has 0 aliphatic carbocycles. The minimum Gasteiger partial charge on any atom is -0.475 e. The van der Waals surface area contributed by atoms with Gasteiger partial charge in [-0.15, -0.1) is 11.3 Å². The fourth-order valence-electron chi connectivity index (χ4n) is 2.92. The normalized spacial score (nSPS) is 17.9. The molecule has 0 spiro atoms. The average molecular weight is 507 g/mol. The lowest BCUT2D eigenvalue weighted by atomic mass is 10.2. The maximum Gasteiger partial charge on any atom is 0.490 e. The number of nitrogens with zero attached hydrogens (tertiary/aromatic N) is 3. The Labute approximate surface area is 192 Å². The molecule has 1 aromatic heterocycles.